The Bertz CT molecular complexity index is 1220. The van der Waals surface area contributed by atoms with E-state index in [-0.39, 0.29) is 10.6 Å². The van der Waals surface area contributed by atoms with Crippen LogP contribution in [-0.4, -0.2) is 15.0 Å². The summed E-state index contributed by atoms with van der Waals surface area (Å²) in [4.78, 5) is 2.38. The summed E-state index contributed by atoms with van der Waals surface area (Å²) < 4.78 is 27.0. The van der Waals surface area contributed by atoms with Crippen molar-refractivity contribution in [1.82, 2.24) is 0 Å². The Morgan fingerprint density at radius 1 is 1.03 bits per heavy atom. The highest BCUT2D eigenvalue weighted by molar-refractivity contribution is 9.10. The molecule has 0 atom stereocenters. The van der Waals surface area contributed by atoms with Crippen molar-refractivity contribution in [1.29, 1.82) is 0 Å². The van der Waals surface area contributed by atoms with Crippen LogP contribution in [0.1, 0.15) is 11.1 Å². The van der Waals surface area contributed by atoms with Crippen molar-refractivity contribution in [3.8, 4) is 0 Å². The zero-order chi connectivity index (χ0) is 21.3. The molecule has 3 nitrogen and oxygen atoms in total. The van der Waals surface area contributed by atoms with E-state index in [2.05, 4.69) is 27.3 Å². The molecule has 1 N–H and O–H groups in total. The van der Waals surface area contributed by atoms with Crippen molar-refractivity contribution < 1.29 is 8.42 Å². The Kier molecular flexibility index (Phi) is 6.51. The molecule has 0 spiro atoms. The van der Waals surface area contributed by atoms with Crippen molar-refractivity contribution in [3.05, 3.63) is 91.2 Å². The highest BCUT2D eigenvalue weighted by atomic mass is 79.9. The maximum Gasteiger partial charge on any atom is 0.182 e. The first kappa shape index (κ1) is 21.8. The largest absolute Gasteiger partial charge is 0.379 e. The number of fused-ring (bicyclic) bond motifs is 1. The van der Waals surface area contributed by atoms with E-state index in [1.54, 1.807) is 42.1 Å². The SMILES string of the molecule is O=S(=O)(Cc1c(Cl)cccc1Cl)c1ccc2c(c1)NCC(=Cc1ccc(Br)cc1)S2. The fourth-order valence-corrected chi connectivity index (χ4v) is 6.44. The third kappa shape index (κ3) is 4.89. The number of hydrogen-bond acceptors (Lipinski definition) is 4. The zero-order valence-corrected chi connectivity index (χ0v) is 20.3. The van der Waals surface area contributed by atoms with Crippen LogP contribution in [0.5, 0.6) is 0 Å². The van der Waals surface area contributed by atoms with E-state index in [9.17, 15) is 8.42 Å². The van der Waals surface area contributed by atoms with Crippen LogP contribution in [0.25, 0.3) is 6.08 Å². The normalized spacial score (nSPS) is 15.0. The van der Waals surface area contributed by atoms with Gasteiger partial charge in [-0.05, 0) is 54.1 Å². The van der Waals surface area contributed by atoms with E-state index < -0.39 is 9.84 Å². The van der Waals surface area contributed by atoms with E-state index in [4.69, 9.17) is 23.2 Å². The summed E-state index contributed by atoms with van der Waals surface area (Å²) in [7, 11) is -3.60. The van der Waals surface area contributed by atoms with Gasteiger partial charge >= 0.3 is 0 Å². The van der Waals surface area contributed by atoms with Gasteiger partial charge in [0.25, 0.3) is 0 Å². The molecule has 3 aromatic carbocycles. The van der Waals surface area contributed by atoms with Gasteiger partial charge in [-0.2, -0.15) is 0 Å². The Hall–Kier alpha value is -1.44. The molecular formula is C22H16BrCl2NO2S2. The van der Waals surface area contributed by atoms with Crippen LogP contribution >= 0.6 is 50.9 Å². The molecule has 0 saturated carbocycles. The van der Waals surface area contributed by atoms with E-state index in [1.165, 1.54) is 0 Å². The molecule has 0 unspecified atom stereocenters. The number of sulfone groups is 1. The maximum atomic E-state index is 13.0. The molecule has 0 radical (unpaired) electrons. The number of hydrogen-bond donors (Lipinski definition) is 1. The monoisotopic (exact) mass is 539 g/mol. The Morgan fingerprint density at radius 3 is 2.43 bits per heavy atom. The van der Waals surface area contributed by atoms with Gasteiger partial charge in [-0.15, -0.1) is 0 Å². The molecule has 8 heteroatoms. The van der Waals surface area contributed by atoms with Crippen molar-refractivity contribution in [2.45, 2.75) is 15.5 Å². The van der Waals surface area contributed by atoms with Crippen molar-refractivity contribution >= 4 is 72.5 Å². The molecule has 0 aliphatic carbocycles. The summed E-state index contributed by atoms with van der Waals surface area (Å²) in [5, 5.41) is 4.02. The molecule has 0 bridgehead atoms. The smallest absolute Gasteiger partial charge is 0.182 e. The second-order valence-electron chi connectivity index (χ2n) is 6.74. The van der Waals surface area contributed by atoms with Crippen LogP contribution in [0.2, 0.25) is 10.0 Å². The highest BCUT2D eigenvalue weighted by Crippen LogP contribution is 2.40. The third-order valence-corrected chi connectivity index (χ3v) is 8.58. The maximum absolute atomic E-state index is 13.0. The molecule has 0 aromatic heterocycles. The lowest BCUT2D eigenvalue weighted by molar-refractivity contribution is 0.595. The number of nitrogens with one attached hydrogen (secondary N) is 1. The van der Waals surface area contributed by atoms with E-state index in [0.717, 1.165) is 25.5 Å². The molecule has 0 fully saturated rings. The molecular weight excluding hydrogens is 525 g/mol. The minimum absolute atomic E-state index is 0.241. The summed E-state index contributed by atoms with van der Waals surface area (Å²) in [6.07, 6.45) is 2.12. The number of thioether (sulfide) groups is 1. The average molecular weight is 541 g/mol. The van der Waals surface area contributed by atoms with E-state index >= 15 is 0 Å². The Morgan fingerprint density at radius 2 is 1.73 bits per heavy atom. The molecule has 4 rings (SSSR count). The lowest BCUT2D eigenvalue weighted by Gasteiger charge is -2.21. The molecule has 0 saturated heterocycles. The summed E-state index contributed by atoms with van der Waals surface area (Å²) in [6.45, 7) is 0.633. The number of halogens is 3. The fourth-order valence-electron chi connectivity index (χ4n) is 3.06. The second kappa shape index (κ2) is 8.97. The predicted molar refractivity (Wildman–Crippen MR) is 130 cm³/mol. The predicted octanol–water partition coefficient (Wildman–Crippen LogP) is 7.29. The third-order valence-electron chi connectivity index (χ3n) is 4.60. The van der Waals surface area contributed by atoms with Crippen molar-refractivity contribution in [2.75, 3.05) is 11.9 Å². The van der Waals surface area contributed by atoms with Crippen LogP contribution < -0.4 is 5.32 Å². The number of benzene rings is 3. The van der Waals surface area contributed by atoms with E-state index in [1.807, 2.05) is 30.3 Å². The molecule has 1 heterocycles. The summed E-state index contributed by atoms with van der Waals surface area (Å²) in [6, 6.07) is 18.2. The van der Waals surface area contributed by atoms with Gasteiger partial charge in [0.15, 0.2) is 9.84 Å². The summed E-state index contributed by atoms with van der Waals surface area (Å²) in [5.74, 6) is -0.244. The summed E-state index contributed by atoms with van der Waals surface area (Å²) in [5.41, 5.74) is 2.33. The quantitative estimate of drug-likeness (QED) is 0.377. The molecule has 1 aliphatic rings. The Labute approximate surface area is 198 Å². The number of rotatable bonds is 4. The van der Waals surface area contributed by atoms with Crippen LogP contribution in [0.15, 0.2) is 79.8 Å². The summed E-state index contributed by atoms with van der Waals surface area (Å²) >= 11 is 17.4. The van der Waals surface area contributed by atoms with Gasteiger partial charge in [0.1, 0.15) is 0 Å². The van der Waals surface area contributed by atoms with Gasteiger partial charge in [0.2, 0.25) is 0 Å². The lowest BCUT2D eigenvalue weighted by Crippen LogP contribution is -2.11. The van der Waals surface area contributed by atoms with Gasteiger partial charge in [-0.3, -0.25) is 0 Å². The van der Waals surface area contributed by atoms with Crippen molar-refractivity contribution in [3.63, 3.8) is 0 Å². The average Bonchev–Trinajstić information content (AvgIpc) is 2.72. The fraction of sp³-hybridized carbons (Fsp3) is 0.0909. The van der Waals surface area contributed by atoms with Crippen LogP contribution in [0.3, 0.4) is 0 Å². The van der Waals surface area contributed by atoms with Gasteiger partial charge < -0.3 is 5.32 Å². The molecule has 3 aromatic rings. The molecule has 30 heavy (non-hydrogen) atoms. The van der Waals surface area contributed by atoms with Crippen LogP contribution in [-0.2, 0) is 15.6 Å². The Balaban J connectivity index is 1.57. The minimum Gasteiger partial charge on any atom is -0.379 e. The van der Waals surface area contributed by atoms with Crippen LogP contribution in [0.4, 0.5) is 5.69 Å². The van der Waals surface area contributed by atoms with Gasteiger partial charge in [0.05, 0.1) is 10.6 Å². The number of anilines is 1. The van der Waals surface area contributed by atoms with Gasteiger partial charge in [-0.1, -0.05) is 69.1 Å². The first-order valence-corrected chi connectivity index (χ1v) is 13.0. The standard InChI is InChI=1S/C22H16BrCl2NO2S2/c23-15-6-4-14(5-7-15)10-16-12-26-21-11-17(8-9-22(21)29-16)30(27,28)13-18-19(24)2-1-3-20(18)25/h1-11,26H,12-13H2. The highest BCUT2D eigenvalue weighted by Gasteiger charge is 2.22. The zero-order valence-electron chi connectivity index (χ0n) is 15.5. The first-order valence-electron chi connectivity index (χ1n) is 8.99. The van der Waals surface area contributed by atoms with Crippen molar-refractivity contribution in [2.24, 2.45) is 0 Å². The second-order valence-corrected chi connectivity index (χ2v) is 11.6. The van der Waals surface area contributed by atoms with Gasteiger partial charge in [-0.25, -0.2) is 8.42 Å². The lowest BCUT2D eigenvalue weighted by atomic mass is 10.2. The minimum atomic E-state index is -3.60. The topological polar surface area (TPSA) is 46.2 Å². The molecule has 0 amide bonds. The van der Waals surface area contributed by atoms with E-state index in [0.29, 0.717) is 22.2 Å². The molecule has 154 valence electrons. The molecule has 1 aliphatic heterocycles. The first-order chi connectivity index (χ1) is 14.3. The van der Waals surface area contributed by atoms with Gasteiger partial charge in [0, 0.05) is 42.1 Å². The van der Waals surface area contributed by atoms with Crippen LogP contribution in [0, 0.1) is 0 Å².